The van der Waals surface area contributed by atoms with Crippen LogP contribution in [0.3, 0.4) is 0 Å². The van der Waals surface area contributed by atoms with Crippen LogP contribution in [0.4, 0.5) is 0 Å². The van der Waals surface area contributed by atoms with Crippen molar-refractivity contribution in [2.75, 3.05) is 6.54 Å². The van der Waals surface area contributed by atoms with Gasteiger partial charge in [-0.15, -0.1) is 0 Å². The predicted molar refractivity (Wildman–Crippen MR) is 118 cm³/mol. The Morgan fingerprint density at radius 3 is 2.73 bits per heavy atom. The first kappa shape index (κ1) is 18.8. The van der Waals surface area contributed by atoms with Crippen molar-refractivity contribution in [1.29, 1.82) is 0 Å². The second-order valence-corrected chi connectivity index (χ2v) is 8.22. The first-order chi connectivity index (χ1) is 14.8. The van der Waals surface area contributed by atoms with Gasteiger partial charge in [-0.3, -0.25) is 9.78 Å². The van der Waals surface area contributed by atoms with Gasteiger partial charge in [-0.2, -0.15) is 5.10 Å². The van der Waals surface area contributed by atoms with Crippen molar-refractivity contribution in [1.82, 2.24) is 19.7 Å². The third-order valence-corrected chi connectivity index (χ3v) is 6.40. The average molecular weight is 399 g/mol. The van der Waals surface area contributed by atoms with E-state index >= 15 is 0 Å². The monoisotopic (exact) mass is 398 g/mol. The maximum Gasteiger partial charge on any atom is 0.246 e. The lowest BCUT2D eigenvalue weighted by molar-refractivity contribution is -0.127. The maximum absolute atomic E-state index is 13.0. The van der Waals surface area contributed by atoms with E-state index in [0.29, 0.717) is 12.0 Å². The van der Waals surface area contributed by atoms with Gasteiger partial charge in [0.1, 0.15) is 5.69 Å². The fraction of sp³-hybridized carbons (Fsp3) is 0.320. The normalized spacial score (nSPS) is 21.1. The molecule has 5 heteroatoms. The van der Waals surface area contributed by atoms with E-state index in [1.54, 1.807) is 12.3 Å². The van der Waals surface area contributed by atoms with Gasteiger partial charge in [0.05, 0.1) is 5.69 Å². The highest BCUT2D eigenvalue weighted by atomic mass is 16.2. The quantitative estimate of drug-likeness (QED) is 0.597. The first-order valence-electron chi connectivity index (χ1n) is 10.8. The lowest BCUT2D eigenvalue weighted by Crippen LogP contribution is -2.38. The van der Waals surface area contributed by atoms with Crippen LogP contribution in [-0.4, -0.2) is 38.2 Å². The van der Waals surface area contributed by atoms with E-state index in [9.17, 15) is 4.79 Å². The molecule has 1 aromatic carbocycles. The topological polar surface area (TPSA) is 51.0 Å². The van der Waals surface area contributed by atoms with Gasteiger partial charge in [0.15, 0.2) is 0 Å². The molecule has 1 saturated heterocycles. The minimum atomic E-state index is 0.119. The minimum Gasteiger partial charge on any atom is -0.336 e. The van der Waals surface area contributed by atoms with Crippen molar-refractivity contribution in [3.63, 3.8) is 0 Å². The zero-order valence-corrected chi connectivity index (χ0v) is 17.0. The Labute approximate surface area is 177 Å². The number of rotatable bonds is 4. The fourth-order valence-corrected chi connectivity index (χ4v) is 4.89. The summed E-state index contributed by atoms with van der Waals surface area (Å²) in [5.74, 6) is 0.817. The zero-order valence-electron chi connectivity index (χ0n) is 17.0. The van der Waals surface area contributed by atoms with Crippen molar-refractivity contribution in [3.05, 3.63) is 72.7 Å². The number of aromatic nitrogens is 3. The SMILES string of the molecule is O=C(/C=C/c1cn(-c2ccccc2)nc1-c1cccnc1)N1CCC2CCCCC21. The number of hydrogen-bond acceptors (Lipinski definition) is 3. The molecule has 5 nitrogen and oxygen atoms in total. The van der Waals surface area contributed by atoms with Crippen LogP contribution in [0.15, 0.2) is 67.1 Å². The van der Waals surface area contributed by atoms with Crippen LogP contribution < -0.4 is 0 Å². The summed E-state index contributed by atoms with van der Waals surface area (Å²) in [6.45, 7) is 0.886. The van der Waals surface area contributed by atoms with E-state index in [4.69, 9.17) is 5.10 Å². The molecule has 1 aliphatic carbocycles. The number of carbonyl (C=O) groups is 1. The summed E-state index contributed by atoms with van der Waals surface area (Å²) in [6, 6.07) is 14.4. The van der Waals surface area contributed by atoms with Crippen molar-refractivity contribution < 1.29 is 4.79 Å². The highest BCUT2D eigenvalue weighted by molar-refractivity contribution is 5.93. The first-order valence-corrected chi connectivity index (χ1v) is 10.8. The Balaban J connectivity index is 1.44. The van der Waals surface area contributed by atoms with Gasteiger partial charge in [-0.1, -0.05) is 31.0 Å². The number of para-hydroxylation sites is 1. The summed E-state index contributed by atoms with van der Waals surface area (Å²) in [5.41, 5.74) is 3.67. The highest BCUT2D eigenvalue weighted by Crippen LogP contribution is 2.36. The third-order valence-electron chi connectivity index (χ3n) is 6.40. The van der Waals surface area contributed by atoms with Crippen LogP contribution in [0.1, 0.15) is 37.7 Å². The summed E-state index contributed by atoms with van der Waals surface area (Å²) in [5, 5.41) is 4.79. The van der Waals surface area contributed by atoms with Gasteiger partial charge in [-0.05, 0) is 55.5 Å². The summed E-state index contributed by atoms with van der Waals surface area (Å²) < 4.78 is 1.86. The van der Waals surface area contributed by atoms with Crippen LogP contribution >= 0.6 is 0 Å². The predicted octanol–water partition coefficient (Wildman–Crippen LogP) is 4.74. The highest BCUT2D eigenvalue weighted by Gasteiger charge is 2.37. The van der Waals surface area contributed by atoms with E-state index in [1.165, 1.54) is 19.3 Å². The van der Waals surface area contributed by atoms with Crippen LogP contribution in [-0.2, 0) is 4.79 Å². The number of benzene rings is 1. The van der Waals surface area contributed by atoms with Crippen molar-refractivity contribution in [2.45, 2.75) is 38.1 Å². The Kier molecular flexibility index (Phi) is 5.18. The molecule has 2 aliphatic rings. The van der Waals surface area contributed by atoms with Crippen LogP contribution in [0.25, 0.3) is 23.0 Å². The fourth-order valence-electron chi connectivity index (χ4n) is 4.89. The molecule has 2 atom stereocenters. The number of hydrogen-bond donors (Lipinski definition) is 0. The van der Waals surface area contributed by atoms with E-state index in [0.717, 1.165) is 41.9 Å². The van der Waals surface area contributed by atoms with E-state index in [-0.39, 0.29) is 5.91 Å². The molecule has 0 spiro atoms. The number of nitrogens with zero attached hydrogens (tertiary/aromatic N) is 4. The number of likely N-dealkylation sites (tertiary alicyclic amines) is 1. The lowest BCUT2D eigenvalue weighted by Gasteiger charge is -2.31. The average Bonchev–Trinajstić information content (AvgIpc) is 3.43. The molecule has 2 unspecified atom stereocenters. The van der Waals surface area contributed by atoms with Crippen LogP contribution in [0.2, 0.25) is 0 Å². The molecule has 1 saturated carbocycles. The number of carbonyl (C=O) groups excluding carboxylic acids is 1. The molecule has 1 amide bonds. The summed E-state index contributed by atoms with van der Waals surface area (Å²) in [6.07, 6.45) is 15.3. The Bertz CT molecular complexity index is 1040. The largest absolute Gasteiger partial charge is 0.336 e. The Hall–Kier alpha value is -3.21. The molecule has 5 rings (SSSR count). The van der Waals surface area contributed by atoms with E-state index in [2.05, 4.69) is 9.88 Å². The lowest BCUT2D eigenvalue weighted by atomic mass is 9.85. The molecule has 152 valence electrons. The van der Waals surface area contributed by atoms with Gasteiger partial charge in [0.2, 0.25) is 5.91 Å². The minimum absolute atomic E-state index is 0.119. The molecule has 30 heavy (non-hydrogen) atoms. The smallest absolute Gasteiger partial charge is 0.246 e. The second-order valence-electron chi connectivity index (χ2n) is 8.22. The molecule has 0 bridgehead atoms. The molecule has 2 fully saturated rings. The van der Waals surface area contributed by atoms with Crippen molar-refractivity contribution in [3.8, 4) is 16.9 Å². The van der Waals surface area contributed by atoms with Crippen LogP contribution in [0, 0.1) is 5.92 Å². The molecule has 3 aromatic rings. The molecule has 0 radical (unpaired) electrons. The summed E-state index contributed by atoms with van der Waals surface area (Å²) in [7, 11) is 0. The molecule has 1 aliphatic heterocycles. The number of fused-ring (bicyclic) bond motifs is 1. The van der Waals surface area contributed by atoms with Crippen molar-refractivity contribution >= 4 is 12.0 Å². The number of amides is 1. The van der Waals surface area contributed by atoms with Gasteiger partial charge in [-0.25, -0.2) is 4.68 Å². The van der Waals surface area contributed by atoms with Gasteiger partial charge in [0, 0.05) is 48.4 Å². The summed E-state index contributed by atoms with van der Waals surface area (Å²) >= 11 is 0. The molecular weight excluding hydrogens is 372 g/mol. The molecule has 2 aromatic heterocycles. The zero-order chi connectivity index (χ0) is 20.3. The van der Waals surface area contributed by atoms with Crippen LogP contribution in [0.5, 0.6) is 0 Å². The standard InChI is InChI=1S/C25H26N4O/c30-24(28-16-14-19-7-4-5-11-23(19)28)13-12-21-18-29(22-9-2-1-3-10-22)27-25(21)20-8-6-15-26-17-20/h1-3,6,8-10,12-13,15,17-19,23H,4-5,7,11,14,16H2/b13-12+. The Morgan fingerprint density at radius 2 is 1.90 bits per heavy atom. The number of pyridine rings is 1. The summed E-state index contributed by atoms with van der Waals surface area (Å²) in [4.78, 5) is 19.3. The van der Waals surface area contributed by atoms with Gasteiger partial charge < -0.3 is 4.90 Å². The third kappa shape index (κ3) is 3.67. The maximum atomic E-state index is 13.0. The van der Waals surface area contributed by atoms with Crippen molar-refractivity contribution in [2.24, 2.45) is 5.92 Å². The molecular formula is C25H26N4O. The Morgan fingerprint density at radius 1 is 1.03 bits per heavy atom. The van der Waals surface area contributed by atoms with E-state index < -0.39 is 0 Å². The van der Waals surface area contributed by atoms with Gasteiger partial charge >= 0.3 is 0 Å². The molecule has 0 N–H and O–H groups in total. The van der Waals surface area contributed by atoms with Gasteiger partial charge in [0.25, 0.3) is 0 Å². The molecule has 3 heterocycles. The van der Waals surface area contributed by atoms with E-state index in [1.807, 2.05) is 65.6 Å². The second kappa shape index (κ2) is 8.27.